The van der Waals surface area contributed by atoms with E-state index in [0.717, 1.165) is 6.07 Å². The van der Waals surface area contributed by atoms with Crippen LogP contribution in [0.3, 0.4) is 0 Å². The van der Waals surface area contributed by atoms with Crippen LogP contribution in [0.25, 0.3) is 10.9 Å². The Kier molecular flexibility index (Phi) is 2.63. The van der Waals surface area contributed by atoms with Gasteiger partial charge in [0.2, 0.25) is 0 Å². The van der Waals surface area contributed by atoms with Crippen molar-refractivity contribution in [1.29, 1.82) is 0 Å². The van der Waals surface area contributed by atoms with Crippen molar-refractivity contribution in [2.45, 2.75) is 0 Å². The number of benzene rings is 2. The van der Waals surface area contributed by atoms with Gasteiger partial charge in [0.05, 0.1) is 5.56 Å². The Morgan fingerprint density at radius 3 is 2.63 bits per heavy atom. The first kappa shape index (κ1) is 11.6. The standard InChI is InChI=1S/C15H9F2NO/c16-10-4-1-3-9(7-10)15(19)11-8-18-13-6-2-5-12(17)14(11)13/h1-8,18H. The Balaban J connectivity index is 2.17. The summed E-state index contributed by atoms with van der Waals surface area (Å²) in [7, 11) is 0. The number of fused-ring (bicyclic) bond motifs is 1. The van der Waals surface area contributed by atoms with E-state index in [1.54, 1.807) is 12.1 Å². The minimum atomic E-state index is -0.494. The molecule has 2 aromatic carbocycles. The molecular formula is C15H9F2NO. The Bertz CT molecular complexity index is 777. The van der Waals surface area contributed by atoms with E-state index in [0.29, 0.717) is 5.52 Å². The van der Waals surface area contributed by atoms with Crippen LogP contribution in [0.1, 0.15) is 15.9 Å². The molecule has 0 atom stereocenters. The molecular weight excluding hydrogens is 248 g/mol. The average molecular weight is 257 g/mol. The number of aromatic amines is 1. The summed E-state index contributed by atoms with van der Waals surface area (Å²) in [5.41, 5.74) is 0.947. The van der Waals surface area contributed by atoms with Crippen LogP contribution in [0, 0.1) is 11.6 Å². The largest absolute Gasteiger partial charge is 0.360 e. The van der Waals surface area contributed by atoms with Gasteiger partial charge in [-0.3, -0.25) is 4.79 Å². The van der Waals surface area contributed by atoms with Crippen LogP contribution < -0.4 is 0 Å². The summed E-state index contributed by atoms with van der Waals surface area (Å²) in [5, 5.41) is 0.233. The summed E-state index contributed by atoms with van der Waals surface area (Å²) >= 11 is 0. The lowest BCUT2D eigenvalue weighted by atomic mass is 10.0. The lowest BCUT2D eigenvalue weighted by molar-refractivity contribution is 0.103. The molecule has 0 saturated heterocycles. The maximum absolute atomic E-state index is 13.8. The number of hydrogen-bond donors (Lipinski definition) is 1. The molecule has 0 aliphatic rings. The highest BCUT2D eigenvalue weighted by molar-refractivity contribution is 6.16. The van der Waals surface area contributed by atoms with Gasteiger partial charge in [-0.05, 0) is 24.3 Å². The minimum Gasteiger partial charge on any atom is -0.360 e. The van der Waals surface area contributed by atoms with Gasteiger partial charge in [0.1, 0.15) is 11.6 Å². The van der Waals surface area contributed by atoms with E-state index in [1.807, 2.05) is 0 Å². The summed E-state index contributed by atoms with van der Waals surface area (Å²) in [5.74, 6) is -1.37. The van der Waals surface area contributed by atoms with Gasteiger partial charge in [-0.25, -0.2) is 8.78 Å². The van der Waals surface area contributed by atoms with Crippen LogP contribution >= 0.6 is 0 Å². The number of carbonyl (C=O) groups excluding carboxylic acids is 1. The molecule has 0 spiro atoms. The summed E-state index contributed by atoms with van der Waals surface area (Å²) in [6.45, 7) is 0. The second-order valence-electron chi connectivity index (χ2n) is 4.20. The van der Waals surface area contributed by atoms with Crippen molar-refractivity contribution in [3.63, 3.8) is 0 Å². The third kappa shape index (κ3) is 1.91. The van der Waals surface area contributed by atoms with Gasteiger partial charge in [0.15, 0.2) is 5.78 Å². The zero-order valence-electron chi connectivity index (χ0n) is 9.78. The maximum Gasteiger partial charge on any atom is 0.195 e. The summed E-state index contributed by atoms with van der Waals surface area (Å²) < 4.78 is 26.9. The van der Waals surface area contributed by atoms with Crippen molar-refractivity contribution in [3.05, 3.63) is 71.4 Å². The van der Waals surface area contributed by atoms with E-state index < -0.39 is 17.4 Å². The van der Waals surface area contributed by atoms with Crippen molar-refractivity contribution >= 4 is 16.7 Å². The van der Waals surface area contributed by atoms with Crippen molar-refractivity contribution in [3.8, 4) is 0 Å². The summed E-state index contributed by atoms with van der Waals surface area (Å²) in [6, 6.07) is 9.89. The fraction of sp³-hybridized carbons (Fsp3) is 0. The number of nitrogens with one attached hydrogen (secondary N) is 1. The number of H-pyrrole nitrogens is 1. The van der Waals surface area contributed by atoms with Crippen LogP contribution in [0.5, 0.6) is 0 Å². The third-order valence-corrected chi connectivity index (χ3v) is 2.99. The lowest BCUT2D eigenvalue weighted by Crippen LogP contribution is -2.01. The zero-order valence-corrected chi connectivity index (χ0v) is 9.78. The predicted molar refractivity (Wildman–Crippen MR) is 68.1 cm³/mol. The second kappa shape index (κ2) is 4.31. The molecule has 1 aromatic heterocycles. The SMILES string of the molecule is O=C(c1cccc(F)c1)c1c[nH]c2cccc(F)c12. The first-order valence-corrected chi connectivity index (χ1v) is 5.72. The van der Waals surface area contributed by atoms with E-state index in [-0.39, 0.29) is 16.5 Å². The second-order valence-corrected chi connectivity index (χ2v) is 4.20. The molecule has 0 aliphatic carbocycles. The highest BCUT2D eigenvalue weighted by Crippen LogP contribution is 2.24. The number of rotatable bonds is 2. The van der Waals surface area contributed by atoms with E-state index in [2.05, 4.69) is 4.98 Å². The normalized spacial score (nSPS) is 10.8. The van der Waals surface area contributed by atoms with E-state index >= 15 is 0 Å². The monoisotopic (exact) mass is 257 g/mol. The molecule has 0 unspecified atom stereocenters. The van der Waals surface area contributed by atoms with E-state index in [4.69, 9.17) is 0 Å². The minimum absolute atomic E-state index is 0.198. The quantitative estimate of drug-likeness (QED) is 0.698. The number of hydrogen-bond acceptors (Lipinski definition) is 1. The molecule has 0 bridgehead atoms. The first-order chi connectivity index (χ1) is 9.16. The average Bonchev–Trinajstić information content (AvgIpc) is 2.83. The Hall–Kier alpha value is -2.49. The first-order valence-electron chi connectivity index (χ1n) is 5.72. The maximum atomic E-state index is 13.8. The highest BCUT2D eigenvalue weighted by atomic mass is 19.1. The zero-order chi connectivity index (χ0) is 13.4. The molecule has 0 aliphatic heterocycles. The van der Waals surface area contributed by atoms with Crippen LogP contribution in [-0.4, -0.2) is 10.8 Å². The van der Waals surface area contributed by atoms with Crippen LogP contribution in [-0.2, 0) is 0 Å². The molecule has 1 N–H and O–H groups in total. The van der Waals surface area contributed by atoms with Crippen molar-refractivity contribution in [2.24, 2.45) is 0 Å². The molecule has 1 heterocycles. The Morgan fingerprint density at radius 1 is 1.05 bits per heavy atom. The molecule has 4 heteroatoms. The fourth-order valence-corrected chi connectivity index (χ4v) is 2.10. The van der Waals surface area contributed by atoms with Gasteiger partial charge in [0, 0.05) is 22.7 Å². The molecule has 3 rings (SSSR count). The van der Waals surface area contributed by atoms with Crippen LogP contribution in [0.2, 0.25) is 0 Å². The molecule has 3 aromatic rings. The topological polar surface area (TPSA) is 32.9 Å². The molecule has 0 fully saturated rings. The van der Waals surface area contributed by atoms with E-state index in [9.17, 15) is 13.6 Å². The summed E-state index contributed by atoms with van der Waals surface area (Å²) in [6.07, 6.45) is 1.45. The third-order valence-electron chi connectivity index (χ3n) is 2.99. The molecule has 94 valence electrons. The molecule has 0 saturated carbocycles. The van der Waals surface area contributed by atoms with Crippen LogP contribution in [0.4, 0.5) is 8.78 Å². The van der Waals surface area contributed by atoms with Gasteiger partial charge in [0.25, 0.3) is 0 Å². The van der Waals surface area contributed by atoms with Crippen molar-refractivity contribution in [2.75, 3.05) is 0 Å². The highest BCUT2D eigenvalue weighted by Gasteiger charge is 2.17. The number of carbonyl (C=O) groups is 1. The van der Waals surface area contributed by atoms with Gasteiger partial charge in [-0.2, -0.15) is 0 Å². The number of ketones is 1. The van der Waals surface area contributed by atoms with Gasteiger partial charge >= 0.3 is 0 Å². The smallest absolute Gasteiger partial charge is 0.195 e. The van der Waals surface area contributed by atoms with Gasteiger partial charge in [-0.15, -0.1) is 0 Å². The molecule has 19 heavy (non-hydrogen) atoms. The van der Waals surface area contributed by atoms with E-state index in [1.165, 1.54) is 30.5 Å². The van der Waals surface area contributed by atoms with Gasteiger partial charge < -0.3 is 4.98 Å². The molecule has 2 nitrogen and oxygen atoms in total. The molecule has 0 amide bonds. The number of halogens is 2. The number of aromatic nitrogens is 1. The van der Waals surface area contributed by atoms with Crippen molar-refractivity contribution < 1.29 is 13.6 Å². The van der Waals surface area contributed by atoms with Crippen LogP contribution in [0.15, 0.2) is 48.7 Å². The lowest BCUT2D eigenvalue weighted by Gasteiger charge is -2.00. The predicted octanol–water partition coefficient (Wildman–Crippen LogP) is 3.68. The Morgan fingerprint density at radius 2 is 1.84 bits per heavy atom. The summed E-state index contributed by atoms with van der Waals surface area (Å²) in [4.78, 5) is 15.1. The molecule has 0 radical (unpaired) electrons. The fourth-order valence-electron chi connectivity index (χ4n) is 2.10. The Labute approximate surface area is 107 Å². The van der Waals surface area contributed by atoms with Crippen molar-refractivity contribution in [1.82, 2.24) is 4.98 Å². The van der Waals surface area contributed by atoms with Gasteiger partial charge in [-0.1, -0.05) is 18.2 Å².